The minimum atomic E-state index is -4.79. The third-order valence-corrected chi connectivity index (χ3v) is 6.32. The highest BCUT2D eigenvalue weighted by Crippen LogP contribution is 2.46. The first-order valence-corrected chi connectivity index (χ1v) is 10.6. The minimum absolute atomic E-state index is 0.341. The summed E-state index contributed by atoms with van der Waals surface area (Å²) >= 11 is 3.37. The van der Waals surface area contributed by atoms with Crippen LogP contribution >= 0.6 is 15.9 Å². The first-order chi connectivity index (χ1) is 14.0. The molecule has 3 nitrogen and oxygen atoms in total. The fourth-order valence-corrected chi connectivity index (χ4v) is 4.79. The molecule has 2 heterocycles. The standard InChI is InChI=1S/C23H23BrF3NO2/c1-21(2,18-5-3-4-14-8-9-30-20(14)18)13-22(29,23(25,26)27)12-17-11-15-10-16(24)6-7-19(15)28-17/h3-7,10-11,28-29H,8-9,12-13H2,1-2H3. The molecule has 0 radical (unpaired) electrons. The van der Waals surface area contributed by atoms with Gasteiger partial charge in [-0.05, 0) is 41.7 Å². The van der Waals surface area contributed by atoms with E-state index in [1.807, 2.05) is 24.3 Å². The van der Waals surface area contributed by atoms with Gasteiger partial charge in [0.25, 0.3) is 0 Å². The molecule has 1 atom stereocenters. The van der Waals surface area contributed by atoms with Crippen molar-refractivity contribution in [1.29, 1.82) is 0 Å². The van der Waals surface area contributed by atoms with E-state index in [1.165, 1.54) is 0 Å². The first kappa shape index (κ1) is 21.2. The van der Waals surface area contributed by atoms with Gasteiger partial charge in [0.1, 0.15) is 5.75 Å². The van der Waals surface area contributed by atoms with E-state index in [0.717, 1.165) is 27.4 Å². The number of hydrogen-bond acceptors (Lipinski definition) is 2. The predicted octanol–water partition coefficient (Wildman–Crippen LogP) is 6.07. The maximum atomic E-state index is 14.1. The van der Waals surface area contributed by atoms with E-state index in [0.29, 0.717) is 23.6 Å². The molecular weight excluding hydrogens is 459 g/mol. The first-order valence-electron chi connectivity index (χ1n) is 9.80. The topological polar surface area (TPSA) is 45.2 Å². The van der Waals surface area contributed by atoms with E-state index >= 15 is 0 Å². The second-order valence-electron chi connectivity index (χ2n) is 8.69. The Hall–Kier alpha value is -1.99. The number of aromatic nitrogens is 1. The van der Waals surface area contributed by atoms with Crippen molar-refractivity contribution >= 4 is 26.8 Å². The summed E-state index contributed by atoms with van der Waals surface area (Å²) in [5, 5.41) is 11.7. The largest absolute Gasteiger partial charge is 0.493 e. The monoisotopic (exact) mass is 481 g/mol. The molecular formula is C23H23BrF3NO2. The third-order valence-electron chi connectivity index (χ3n) is 5.83. The number of fused-ring (bicyclic) bond motifs is 2. The highest BCUT2D eigenvalue weighted by Gasteiger charge is 2.56. The van der Waals surface area contributed by atoms with E-state index in [2.05, 4.69) is 20.9 Å². The number of hydrogen-bond donors (Lipinski definition) is 2. The van der Waals surface area contributed by atoms with Crippen LogP contribution in [0.25, 0.3) is 10.9 Å². The Morgan fingerprint density at radius 1 is 1.13 bits per heavy atom. The zero-order valence-electron chi connectivity index (χ0n) is 16.7. The number of nitrogens with one attached hydrogen (secondary N) is 1. The van der Waals surface area contributed by atoms with Crippen LogP contribution in [0.4, 0.5) is 13.2 Å². The Morgan fingerprint density at radius 3 is 2.63 bits per heavy atom. The number of rotatable bonds is 5. The molecule has 0 saturated heterocycles. The molecule has 1 aliphatic rings. The number of ether oxygens (including phenoxy) is 1. The third kappa shape index (κ3) is 3.85. The maximum Gasteiger partial charge on any atom is 0.417 e. The SMILES string of the molecule is CC(C)(CC(O)(Cc1cc2cc(Br)ccc2[nH]1)C(F)(F)F)c1cccc2c1OCC2. The second kappa shape index (κ2) is 7.31. The second-order valence-corrected chi connectivity index (χ2v) is 9.60. The Balaban J connectivity index is 1.69. The van der Waals surface area contributed by atoms with Crippen LogP contribution < -0.4 is 4.74 Å². The lowest BCUT2D eigenvalue weighted by atomic mass is 9.73. The van der Waals surface area contributed by atoms with Gasteiger partial charge in [0.15, 0.2) is 5.60 Å². The smallest absolute Gasteiger partial charge is 0.417 e. The summed E-state index contributed by atoms with van der Waals surface area (Å²) in [6, 6.07) is 12.7. The molecule has 2 N–H and O–H groups in total. The highest BCUT2D eigenvalue weighted by atomic mass is 79.9. The summed E-state index contributed by atoms with van der Waals surface area (Å²) in [5.74, 6) is 0.655. The molecule has 1 unspecified atom stereocenters. The summed E-state index contributed by atoms with van der Waals surface area (Å²) in [4.78, 5) is 3.01. The maximum absolute atomic E-state index is 14.1. The molecule has 0 amide bonds. The summed E-state index contributed by atoms with van der Waals surface area (Å²) < 4.78 is 48.9. The van der Waals surface area contributed by atoms with Gasteiger partial charge in [0.05, 0.1) is 6.61 Å². The van der Waals surface area contributed by atoms with E-state index in [1.54, 1.807) is 32.0 Å². The summed E-state index contributed by atoms with van der Waals surface area (Å²) in [7, 11) is 0. The molecule has 30 heavy (non-hydrogen) atoms. The predicted molar refractivity (Wildman–Crippen MR) is 114 cm³/mol. The normalized spacial score (nSPS) is 16.4. The van der Waals surface area contributed by atoms with Crippen LogP contribution in [-0.2, 0) is 18.3 Å². The fourth-order valence-electron chi connectivity index (χ4n) is 4.41. The van der Waals surface area contributed by atoms with Crippen molar-refractivity contribution < 1.29 is 23.0 Å². The van der Waals surface area contributed by atoms with E-state index in [4.69, 9.17) is 4.74 Å². The van der Waals surface area contributed by atoms with Crippen molar-refractivity contribution in [3.63, 3.8) is 0 Å². The van der Waals surface area contributed by atoms with Gasteiger partial charge in [0.2, 0.25) is 0 Å². The van der Waals surface area contributed by atoms with E-state index < -0.39 is 30.0 Å². The molecule has 3 aromatic rings. The van der Waals surface area contributed by atoms with Gasteiger partial charge < -0.3 is 14.8 Å². The highest BCUT2D eigenvalue weighted by molar-refractivity contribution is 9.10. The number of para-hydroxylation sites is 1. The molecule has 160 valence electrons. The molecule has 0 bridgehead atoms. The average molecular weight is 482 g/mol. The number of alkyl halides is 3. The van der Waals surface area contributed by atoms with Gasteiger partial charge in [-0.15, -0.1) is 0 Å². The van der Waals surface area contributed by atoms with Crippen molar-refractivity contribution in [1.82, 2.24) is 4.98 Å². The minimum Gasteiger partial charge on any atom is -0.493 e. The number of halogens is 4. The zero-order chi connectivity index (χ0) is 21.7. The van der Waals surface area contributed by atoms with Crippen molar-refractivity contribution in [3.8, 4) is 5.75 Å². The number of H-pyrrole nitrogens is 1. The number of benzene rings is 2. The summed E-state index contributed by atoms with van der Waals surface area (Å²) in [6.45, 7) is 3.98. The van der Waals surface area contributed by atoms with E-state index in [9.17, 15) is 18.3 Å². The Morgan fingerprint density at radius 2 is 1.90 bits per heavy atom. The number of aliphatic hydroxyl groups is 1. The van der Waals surface area contributed by atoms with Gasteiger partial charge >= 0.3 is 6.18 Å². The molecule has 0 saturated carbocycles. The van der Waals surface area contributed by atoms with Gasteiger partial charge in [-0.3, -0.25) is 0 Å². The molecule has 0 spiro atoms. The van der Waals surface area contributed by atoms with Gasteiger partial charge in [-0.2, -0.15) is 13.2 Å². The average Bonchev–Trinajstić information content (AvgIpc) is 3.25. The Labute approximate surface area is 181 Å². The zero-order valence-corrected chi connectivity index (χ0v) is 18.3. The van der Waals surface area contributed by atoms with E-state index in [-0.39, 0.29) is 0 Å². The van der Waals surface area contributed by atoms with Gasteiger partial charge in [-0.25, -0.2) is 0 Å². The Kier molecular flexibility index (Phi) is 5.18. The van der Waals surface area contributed by atoms with Crippen molar-refractivity contribution in [2.24, 2.45) is 0 Å². The van der Waals surface area contributed by atoms with Gasteiger partial charge in [-0.1, -0.05) is 48.0 Å². The molecule has 2 aromatic carbocycles. The molecule has 0 fully saturated rings. The molecule has 4 rings (SSSR count). The van der Waals surface area contributed by atoms with Crippen LogP contribution in [0.2, 0.25) is 0 Å². The number of aromatic amines is 1. The van der Waals surface area contributed by atoms with Crippen LogP contribution in [0, 0.1) is 0 Å². The summed E-state index contributed by atoms with van der Waals surface area (Å²) in [6.07, 6.45) is -5.08. The molecule has 1 aromatic heterocycles. The van der Waals surface area contributed by atoms with Crippen molar-refractivity contribution in [3.05, 3.63) is 63.8 Å². The lowest BCUT2D eigenvalue weighted by Crippen LogP contribution is -2.51. The van der Waals surface area contributed by atoms with Crippen molar-refractivity contribution in [2.45, 2.75) is 50.3 Å². The summed E-state index contributed by atoms with van der Waals surface area (Å²) in [5.41, 5.74) is -1.08. The van der Waals surface area contributed by atoms with Crippen LogP contribution in [0.15, 0.2) is 46.9 Å². The molecule has 0 aliphatic carbocycles. The molecule has 1 aliphatic heterocycles. The van der Waals surface area contributed by atoms with Crippen LogP contribution in [0.3, 0.4) is 0 Å². The Bertz CT molecular complexity index is 1090. The lowest BCUT2D eigenvalue weighted by Gasteiger charge is -2.38. The fraction of sp³-hybridized carbons (Fsp3) is 0.391. The van der Waals surface area contributed by atoms with Crippen LogP contribution in [0.1, 0.15) is 37.1 Å². The van der Waals surface area contributed by atoms with Crippen LogP contribution in [0.5, 0.6) is 5.75 Å². The lowest BCUT2D eigenvalue weighted by molar-refractivity contribution is -0.266. The van der Waals surface area contributed by atoms with Crippen LogP contribution in [-0.4, -0.2) is 28.5 Å². The quantitative estimate of drug-likeness (QED) is 0.464. The van der Waals surface area contributed by atoms with Gasteiger partial charge in [0, 0.05) is 39.5 Å². The molecule has 7 heteroatoms. The van der Waals surface area contributed by atoms with Crippen molar-refractivity contribution in [2.75, 3.05) is 6.61 Å².